The Bertz CT molecular complexity index is 993. The lowest BCUT2D eigenvalue weighted by molar-refractivity contribution is -0.122. The number of carbonyl (C=O) groups excluding carboxylic acids is 2. The van der Waals surface area contributed by atoms with Gasteiger partial charge in [0.2, 0.25) is 5.91 Å². The van der Waals surface area contributed by atoms with Gasteiger partial charge in [-0.05, 0) is 43.7 Å². The van der Waals surface area contributed by atoms with Gasteiger partial charge in [0.15, 0.2) is 5.82 Å². The predicted molar refractivity (Wildman–Crippen MR) is 106 cm³/mol. The maximum Gasteiger partial charge on any atom is 0.256 e. The quantitative estimate of drug-likeness (QED) is 0.698. The molecule has 0 aliphatic heterocycles. The van der Waals surface area contributed by atoms with E-state index in [-0.39, 0.29) is 11.8 Å². The summed E-state index contributed by atoms with van der Waals surface area (Å²) >= 11 is 5.96. The molecule has 0 aliphatic rings. The number of imidazole rings is 1. The highest BCUT2D eigenvalue weighted by atomic mass is 35.5. The summed E-state index contributed by atoms with van der Waals surface area (Å²) < 4.78 is 1.75. The zero-order valence-corrected chi connectivity index (χ0v) is 16.2. The predicted octanol–water partition coefficient (Wildman–Crippen LogP) is 4.00. The van der Waals surface area contributed by atoms with Gasteiger partial charge in [0.1, 0.15) is 5.65 Å². The summed E-state index contributed by atoms with van der Waals surface area (Å²) in [4.78, 5) is 28.5. The molecule has 7 heteroatoms. The smallest absolute Gasteiger partial charge is 0.256 e. The van der Waals surface area contributed by atoms with Crippen LogP contribution in [-0.2, 0) is 10.3 Å². The Kier molecular flexibility index (Phi) is 5.19. The van der Waals surface area contributed by atoms with Crippen LogP contribution in [0.2, 0.25) is 5.02 Å². The van der Waals surface area contributed by atoms with Crippen molar-refractivity contribution in [2.24, 2.45) is 0 Å². The molecule has 140 valence electrons. The van der Waals surface area contributed by atoms with Gasteiger partial charge in [0.05, 0.1) is 16.8 Å². The molecule has 0 saturated heterocycles. The van der Waals surface area contributed by atoms with Crippen molar-refractivity contribution in [2.45, 2.75) is 32.7 Å². The van der Waals surface area contributed by atoms with Crippen LogP contribution in [0.1, 0.15) is 43.1 Å². The first-order chi connectivity index (χ1) is 12.8. The van der Waals surface area contributed by atoms with E-state index in [0.717, 1.165) is 5.56 Å². The van der Waals surface area contributed by atoms with Gasteiger partial charge in [-0.25, -0.2) is 4.98 Å². The number of fused-ring (bicyclic) bond motifs is 1. The molecule has 0 spiro atoms. The van der Waals surface area contributed by atoms with E-state index in [1.807, 2.05) is 32.9 Å². The van der Waals surface area contributed by atoms with Crippen LogP contribution in [0.4, 0.5) is 5.82 Å². The molecule has 2 aromatic heterocycles. The van der Waals surface area contributed by atoms with E-state index in [9.17, 15) is 9.59 Å². The number of hydrogen-bond acceptors (Lipinski definition) is 3. The molecule has 27 heavy (non-hydrogen) atoms. The number of hydrogen-bond donors (Lipinski definition) is 2. The summed E-state index contributed by atoms with van der Waals surface area (Å²) in [7, 11) is 0. The third kappa shape index (κ3) is 4.28. The molecule has 2 amide bonds. The number of halogens is 1. The van der Waals surface area contributed by atoms with Crippen molar-refractivity contribution >= 4 is 34.9 Å². The Balaban J connectivity index is 1.74. The summed E-state index contributed by atoms with van der Waals surface area (Å²) in [6.07, 6.45) is 3.85. The van der Waals surface area contributed by atoms with Crippen molar-refractivity contribution in [1.82, 2.24) is 14.7 Å². The monoisotopic (exact) mass is 384 g/mol. The number of benzene rings is 1. The van der Waals surface area contributed by atoms with Gasteiger partial charge in [-0.3, -0.25) is 9.59 Å². The number of rotatable bonds is 5. The van der Waals surface area contributed by atoms with Gasteiger partial charge in [-0.15, -0.1) is 0 Å². The molecule has 3 aromatic rings. The van der Waals surface area contributed by atoms with Crippen LogP contribution in [0.15, 0.2) is 48.8 Å². The first kappa shape index (κ1) is 18.9. The topological polar surface area (TPSA) is 75.5 Å². The molecule has 1 aromatic carbocycles. The molecular weight excluding hydrogens is 364 g/mol. The number of amides is 2. The third-order valence-electron chi connectivity index (χ3n) is 4.30. The Labute approximate surface area is 162 Å². The Morgan fingerprint density at radius 2 is 1.81 bits per heavy atom. The molecule has 0 fully saturated rings. The first-order valence-corrected chi connectivity index (χ1v) is 9.03. The molecule has 0 aliphatic carbocycles. The van der Waals surface area contributed by atoms with E-state index in [1.165, 1.54) is 0 Å². The molecule has 2 N–H and O–H groups in total. The molecule has 0 radical (unpaired) electrons. The average Bonchev–Trinajstić information content (AvgIpc) is 3.02. The molecule has 6 nitrogen and oxygen atoms in total. The maximum absolute atomic E-state index is 12.5. The lowest BCUT2D eigenvalue weighted by Gasteiger charge is -2.27. The van der Waals surface area contributed by atoms with Gasteiger partial charge >= 0.3 is 0 Å². The van der Waals surface area contributed by atoms with Crippen LogP contribution < -0.4 is 10.6 Å². The Hall–Kier alpha value is -2.86. The molecular formula is C20H21ClN4O2. The second-order valence-electron chi connectivity index (χ2n) is 6.80. The zero-order valence-electron chi connectivity index (χ0n) is 15.4. The fraction of sp³-hybridized carbons (Fsp3) is 0.250. The standard InChI is InChI=1S/C20H21ClN4O2/c1-4-18(26)24-20(2,3)14-7-5-13(6-8-14)19(27)23-16-12-25-11-15(21)9-10-17(25)22-16/h5-12H,4H2,1-3H3,(H,23,27)(H,24,26). The van der Waals surface area contributed by atoms with E-state index in [2.05, 4.69) is 15.6 Å². The molecule has 2 heterocycles. The van der Waals surface area contributed by atoms with Crippen molar-refractivity contribution in [3.8, 4) is 0 Å². The molecule has 3 rings (SSSR count). The molecule has 0 unspecified atom stereocenters. The molecule has 0 saturated carbocycles. The summed E-state index contributed by atoms with van der Waals surface area (Å²) in [5.74, 6) is 0.169. The van der Waals surface area contributed by atoms with Crippen LogP contribution >= 0.6 is 11.6 Å². The SMILES string of the molecule is CCC(=O)NC(C)(C)c1ccc(C(=O)Nc2cn3cc(Cl)ccc3n2)cc1. The maximum atomic E-state index is 12.5. The van der Waals surface area contributed by atoms with Crippen molar-refractivity contribution in [3.63, 3.8) is 0 Å². The van der Waals surface area contributed by atoms with Crippen LogP contribution in [0.5, 0.6) is 0 Å². The van der Waals surface area contributed by atoms with E-state index >= 15 is 0 Å². The normalized spacial score (nSPS) is 11.4. The number of nitrogens with zero attached hydrogens (tertiary/aromatic N) is 2. The average molecular weight is 385 g/mol. The van der Waals surface area contributed by atoms with Crippen LogP contribution in [0, 0.1) is 0 Å². The summed E-state index contributed by atoms with van der Waals surface area (Å²) in [6.45, 7) is 5.67. The highest BCUT2D eigenvalue weighted by Crippen LogP contribution is 2.21. The summed E-state index contributed by atoms with van der Waals surface area (Å²) in [5.41, 5.74) is 1.61. The molecule has 0 bridgehead atoms. The third-order valence-corrected chi connectivity index (χ3v) is 4.52. The van der Waals surface area contributed by atoms with Gasteiger partial charge in [-0.2, -0.15) is 0 Å². The van der Waals surface area contributed by atoms with Crippen molar-refractivity contribution in [3.05, 3.63) is 64.9 Å². The van der Waals surface area contributed by atoms with Crippen LogP contribution in [0.25, 0.3) is 5.65 Å². The van der Waals surface area contributed by atoms with Gasteiger partial charge < -0.3 is 15.0 Å². The first-order valence-electron chi connectivity index (χ1n) is 8.65. The number of anilines is 1. The lowest BCUT2D eigenvalue weighted by Crippen LogP contribution is -2.40. The lowest BCUT2D eigenvalue weighted by atomic mass is 9.93. The Morgan fingerprint density at radius 1 is 1.11 bits per heavy atom. The van der Waals surface area contributed by atoms with Crippen LogP contribution in [-0.4, -0.2) is 21.2 Å². The van der Waals surface area contributed by atoms with Crippen molar-refractivity contribution in [2.75, 3.05) is 5.32 Å². The van der Waals surface area contributed by atoms with Gasteiger partial charge in [0.25, 0.3) is 5.91 Å². The van der Waals surface area contributed by atoms with Gasteiger partial charge in [-0.1, -0.05) is 30.7 Å². The number of nitrogens with one attached hydrogen (secondary N) is 2. The van der Waals surface area contributed by atoms with Crippen molar-refractivity contribution in [1.29, 1.82) is 0 Å². The second kappa shape index (κ2) is 7.40. The molecule has 0 atom stereocenters. The fourth-order valence-corrected chi connectivity index (χ4v) is 2.93. The summed E-state index contributed by atoms with van der Waals surface area (Å²) in [5, 5.41) is 6.34. The fourth-order valence-electron chi connectivity index (χ4n) is 2.76. The highest BCUT2D eigenvalue weighted by Gasteiger charge is 2.22. The number of pyridine rings is 1. The van der Waals surface area contributed by atoms with Crippen molar-refractivity contribution < 1.29 is 9.59 Å². The zero-order chi connectivity index (χ0) is 19.6. The van der Waals surface area contributed by atoms with E-state index < -0.39 is 5.54 Å². The van der Waals surface area contributed by atoms with E-state index in [4.69, 9.17) is 11.6 Å². The van der Waals surface area contributed by atoms with Crippen LogP contribution in [0.3, 0.4) is 0 Å². The second-order valence-corrected chi connectivity index (χ2v) is 7.23. The highest BCUT2D eigenvalue weighted by molar-refractivity contribution is 6.30. The largest absolute Gasteiger partial charge is 0.347 e. The number of aromatic nitrogens is 2. The minimum atomic E-state index is -0.511. The Morgan fingerprint density at radius 3 is 2.48 bits per heavy atom. The number of carbonyl (C=O) groups is 2. The minimum Gasteiger partial charge on any atom is -0.347 e. The van der Waals surface area contributed by atoms with E-state index in [0.29, 0.717) is 28.5 Å². The van der Waals surface area contributed by atoms with E-state index in [1.54, 1.807) is 41.1 Å². The van der Waals surface area contributed by atoms with Gasteiger partial charge in [0, 0.05) is 18.2 Å². The summed E-state index contributed by atoms with van der Waals surface area (Å²) in [6, 6.07) is 10.7. The minimum absolute atomic E-state index is 0.0197.